The van der Waals surface area contributed by atoms with Gasteiger partial charge in [-0.15, -0.1) is 0 Å². The molecule has 1 saturated heterocycles. The van der Waals surface area contributed by atoms with Crippen molar-refractivity contribution in [2.24, 2.45) is 0 Å². The van der Waals surface area contributed by atoms with Crippen LogP contribution in [0.25, 0.3) is 0 Å². The van der Waals surface area contributed by atoms with E-state index in [1.54, 1.807) is 0 Å². The second-order valence-electron chi connectivity index (χ2n) is 5.55. The second kappa shape index (κ2) is 6.22. The third kappa shape index (κ3) is 3.37. The number of aryl methyl sites for hydroxylation is 3. The molecule has 2 rings (SSSR count). The Bertz CT molecular complexity index is 439. The highest BCUT2D eigenvalue weighted by Crippen LogP contribution is 2.20. The maximum absolute atomic E-state index is 12.3. The molecule has 1 amide bonds. The standard InChI is InChI=1S/C15H25N3O/c1-4-14-7-5-6-9-17(14)15(19)8-10-18-13(3)11-12(2)16-18/h11,14H,4-10H2,1-3H3/t14-/m1/s1. The normalized spacial score (nSPS) is 19.7. The van der Waals surface area contributed by atoms with Gasteiger partial charge in [0.15, 0.2) is 0 Å². The molecule has 19 heavy (non-hydrogen) atoms. The number of aromatic nitrogens is 2. The molecule has 1 atom stereocenters. The van der Waals surface area contributed by atoms with E-state index in [-0.39, 0.29) is 0 Å². The average Bonchev–Trinajstić information content (AvgIpc) is 2.74. The molecular formula is C15H25N3O. The molecule has 0 saturated carbocycles. The third-order valence-corrected chi connectivity index (χ3v) is 4.06. The smallest absolute Gasteiger partial charge is 0.224 e. The number of likely N-dealkylation sites (tertiary alicyclic amines) is 1. The summed E-state index contributed by atoms with van der Waals surface area (Å²) in [5.41, 5.74) is 2.16. The molecule has 1 aromatic heterocycles. The van der Waals surface area contributed by atoms with E-state index < -0.39 is 0 Å². The molecule has 0 bridgehead atoms. The Labute approximate surface area is 115 Å². The minimum absolute atomic E-state index is 0.291. The van der Waals surface area contributed by atoms with Crippen molar-refractivity contribution in [2.45, 2.75) is 65.5 Å². The molecule has 4 nitrogen and oxygen atoms in total. The van der Waals surface area contributed by atoms with Crippen LogP contribution in [0, 0.1) is 13.8 Å². The van der Waals surface area contributed by atoms with Crippen LogP contribution < -0.4 is 0 Å². The van der Waals surface area contributed by atoms with E-state index in [0.717, 1.165) is 30.8 Å². The average molecular weight is 263 g/mol. The minimum Gasteiger partial charge on any atom is -0.340 e. The number of hydrogen-bond acceptors (Lipinski definition) is 2. The van der Waals surface area contributed by atoms with Crippen LogP contribution in [0.5, 0.6) is 0 Å². The van der Waals surface area contributed by atoms with Gasteiger partial charge in [0.2, 0.25) is 5.91 Å². The number of amides is 1. The van der Waals surface area contributed by atoms with Crippen LogP contribution in [-0.4, -0.2) is 33.2 Å². The Hall–Kier alpha value is -1.32. The van der Waals surface area contributed by atoms with Crippen LogP contribution in [0.4, 0.5) is 0 Å². The van der Waals surface area contributed by atoms with Gasteiger partial charge in [0.05, 0.1) is 5.69 Å². The van der Waals surface area contributed by atoms with Crippen molar-refractivity contribution < 1.29 is 4.79 Å². The van der Waals surface area contributed by atoms with E-state index in [1.807, 2.05) is 18.5 Å². The van der Waals surface area contributed by atoms with E-state index >= 15 is 0 Å². The summed E-state index contributed by atoms with van der Waals surface area (Å²) in [5.74, 6) is 0.291. The predicted molar refractivity (Wildman–Crippen MR) is 76.0 cm³/mol. The van der Waals surface area contributed by atoms with E-state index in [4.69, 9.17) is 0 Å². The Morgan fingerprint density at radius 3 is 2.84 bits per heavy atom. The Morgan fingerprint density at radius 1 is 1.42 bits per heavy atom. The summed E-state index contributed by atoms with van der Waals surface area (Å²) >= 11 is 0. The number of carbonyl (C=O) groups excluding carboxylic acids is 1. The highest BCUT2D eigenvalue weighted by Gasteiger charge is 2.24. The summed E-state index contributed by atoms with van der Waals surface area (Å²) in [6.07, 6.45) is 5.23. The van der Waals surface area contributed by atoms with Crippen molar-refractivity contribution in [3.8, 4) is 0 Å². The first-order chi connectivity index (χ1) is 9.11. The first-order valence-electron chi connectivity index (χ1n) is 7.42. The zero-order chi connectivity index (χ0) is 13.8. The number of hydrogen-bond donors (Lipinski definition) is 0. The molecule has 4 heteroatoms. The van der Waals surface area contributed by atoms with E-state index in [2.05, 4.69) is 23.0 Å². The summed E-state index contributed by atoms with van der Waals surface area (Å²) in [5, 5.41) is 4.41. The van der Waals surface area contributed by atoms with Gasteiger partial charge in [0.25, 0.3) is 0 Å². The first-order valence-corrected chi connectivity index (χ1v) is 7.42. The largest absolute Gasteiger partial charge is 0.340 e. The molecule has 1 fully saturated rings. The fourth-order valence-electron chi connectivity index (χ4n) is 3.00. The van der Waals surface area contributed by atoms with Crippen LogP contribution in [0.1, 0.15) is 50.4 Å². The molecule has 1 aliphatic heterocycles. The third-order valence-electron chi connectivity index (χ3n) is 4.06. The molecule has 0 spiro atoms. The van der Waals surface area contributed by atoms with Crippen molar-refractivity contribution in [3.63, 3.8) is 0 Å². The summed E-state index contributed by atoms with van der Waals surface area (Å²) < 4.78 is 1.94. The molecule has 106 valence electrons. The van der Waals surface area contributed by atoms with Crippen molar-refractivity contribution in [1.29, 1.82) is 0 Å². The fourth-order valence-corrected chi connectivity index (χ4v) is 3.00. The van der Waals surface area contributed by atoms with Gasteiger partial charge in [0.1, 0.15) is 0 Å². The van der Waals surface area contributed by atoms with Crippen molar-refractivity contribution in [2.75, 3.05) is 6.54 Å². The van der Waals surface area contributed by atoms with E-state index in [1.165, 1.54) is 12.8 Å². The first kappa shape index (κ1) is 14.1. The lowest BCUT2D eigenvalue weighted by Crippen LogP contribution is -2.43. The zero-order valence-electron chi connectivity index (χ0n) is 12.4. The number of carbonyl (C=O) groups is 1. The Morgan fingerprint density at radius 2 is 2.21 bits per heavy atom. The van der Waals surface area contributed by atoms with Gasteiger partial charge < -0.3 is 4.90 Å². The lowest BCUT2D eigenvalue weighted by atomic mass is 9.99. The lowest BCUT2D eigenvalue weighted by Gasteiger charge is -2.35. The maximum Gasteiger partial charge on any atom is 0.224 e. The van der Waals surface area contributed by atoms with Gasteiger partial charge in [-0.3, -0.25) is 9.48 Å². The summed E-state index contributed by atoms with van der Waals surface area (Å²) in [7, 11) is 0. The van der Waals surface area contributed by atoms with E-state index in [9.17, 15) is 4.79 Å². The molecule has 0 radical (unpaired) electrons. The lowest BCUT2D eigenvalue weighted by molar-refractivity contribution is -0.135. The Balaban J connectivity index is 1.91. The predicted octanol–water partition coefficient (Wildman–Crippen LogP) is 2.68. The Kier molecular flexibility index (Phi) is 4.61. The van der Waals surface area contributed by atoms with Gasteiger partial charge in [-0.1, -0.05) is 6.92 Å². The fraction of sp³-hybridized carbons (Fsp3) is 0.733. The number of piperidine rings is 1. The molecule has 0 aromatic carbocycles. The number of nitrogens with zero attached hydrogens (tertiary/aromatic N) is 3. The molecular weight excluding hydrogens is 238 g/mol. The highest BCUT2D eigenvalue weighted by atomic mass is 16.2. The van der Waals surface area contributed by atoms with Crippen LogP contribution in [0.2, 0.25) is 0 Å². The van der Waals surface area contributed by atoms with Crippen molar-refractivity contribution >= 4 is 5.91 Å². The molecule has 2 heterocycles. The van der Waals surface area contributed by atoms with Crippen molar-refractivity contribution in [1.82, 2.24) is 14.7 Å². The minimum atomic E-state index is 0.291. The zero-order valence-corrected chi connectivity index (χ0v) is 12.4. The van der Waals surface area contributed by atoms with Gasteiger partial charge in [-0.2, -0.15) is 5.10 Å². The van der Waals surface area contributed by atoms with Crippen molar-refractivity contribution in [3.05, 3.63) is 17.5 Å². The van der Waals surface area contributed by atoms with Crippen LogP contribution in [0.15, 0.2) is 6.07 Å². The molecule has 0 N–H and O–H groups in total. The summed E-state index contributed by atoms with van der Waals surface area (Å²) in [6.45, 7) is 7.85. The van der Waals surface area contributed by atoms with Gasteiger partial charge >= 0.3 is 0 Å². The number of rotatable bonds is 4. The second-order valence-corrected chi connectivity index (χ2v) is 5.55. The molecule has 0 aliphatic carbocycles. The van der Waals surface area contributed by atoms with Crippen LogP contribution >= 0.6 is 0 Å². The maximum atomic E-state index is 12.3. The monoisotopic (exact) mass is 263 g/mol. The molecule has 1 aromatic rings. The SMILES string of the molecule is CC[C@@H]1CCCCN1C(=O)CCn1nc(C)cc1C. The van der Waals surface area contributed by atoms with Gasteiger partial charge in [-0.25, -0.2) is 0 Å². The topological polar surface area (TPSA) is 38.1 Å². The summed E-state index contributed by atoms with van der Waals surface area (Å²) in [4.78, 5) is 14.4. The van der Waals surface area contributed by atoms with Gasteiger partial charge in [-0.05, 0) is 45.6 Å². The molecule has 1 aliphatic rings. The quantitative estimate of drug-likeness (QED) is 0.837. The van der Waals surface area contributed by atoms with E-state index in [0.29, 0.717) is 24.9 Å². The van der Waals surface area contributed by atoms with Crippen LogP contribution in [0.3, 0.4) is 0 Å². The van der Waals surface area contributed by atoms with Gasteiger partial charge in [0, 0.05) is 31.2 Å². The highest BCUT2D eigenvalue weighted by molar-refractivity contribution is 5.76. The molecule has 0 unspecified atom stereocenters. The summed E-state index contributed by atoms with van der Waals surface area (Å²) in [6, 6.07) is 2.52. The van der Waals surface area contributed by atoms with Crippen LogP contribution in [-0.2, 0) is 11.3 Å².